The monoisotopic (exact) mass is 399 g/mol. The normalized spacial score (nSPS) is 23.9. The van der Waals surface area contributed by atoms with Crippen LogP contribution in [0.15, 0.2) is 5.38 Å². The lowest BCUT2D eigenvalue weighted by Crippen LogP contribution is -2.45. The summed E-state index contributed by atoms with van der Waals surface area (Å²) >= 11 is 1.71. The molecule has 0 radical (unpaired) electrons. The minimum atomic E-state index is -3.19. The van der Waals surface area contributed by atoms with Gasteiger partial charge in [0.1, 0.15) is 0 Å². The fourth-order valence-electron chi connectivity index (χ4n) is 4.80. The van der Waals surface area contributed by atoms with Crippen molar-refractivity contribution in [2.45, 2.75) is 66.0 Å². The molecule has 7 heteroatoms. The SMILES string of the molecule is Cc1nc(CN2CCC3(CC2)CN(S(=O)(=O)CC(C)C)C(C)(C)C3)cs1. The average molecular weight is 400 g/mol. The first-order valence-electron chi connectivity index (χ1n) is 9.65. The highest BCUT2D eigenvalue weighted by atomic mass is 32.2. The first kappa shape index (κ1) is 20.2. The Morgan fingerprint density at radius 2 is 1.92 bits per heavy atom. The van der Waals surface area contributed by atoms with Crippen LogP contribution in [0.4, 0.5) is 0 Å². The number of aryl methyl sites for hydroxylation is 1. The quantitative estimate of drug-likeness (QED) is 0.760. The minimum Gasteiger partial charge on any atom is -0.297 e. The molecule has 26 heavy (non-hydrogen) atoms. The van der Waals surface area contributed by atoms with Crippen molar-refractivity contribution in [1.82, 2.24) is 14.2 Å². The van der Waals surface area contributed by atoms with E-state index < -0.39 is 10.0 Å². The maximum absolute atomic E-state index is 12.9. The van der Waals surface area contributed by atoms with E-state index in [1.54, 1.807) is 11.3 Å². The van der Waals surface area contributed by atoms with Gasteiger partial charge in [0.2, 0.25) is 10.0 Å². The van der Waals surface area contributed by atoms with Gasteiger partial charge < -0.3 is 0 Å². The summed E-state index contributed by atoms with van der Waals surface area (Å²) in [4.78, 5) is 7.05. The third-order valence-electron chi connectivity index (χ3n) is 5.81. The van der Waals surface area contributed by atoms with E-state index in [-0.39, 0.29) is 22.6 Å². The predicted molar refractivity (Wildman–Crippen MR) is 108 cm³/mol. The zero-order valence-corrected chi connectivity index (χ0v) is 18.4. The van der Waals surface area contributed by atoms with Crippen LogP contribution in [0.2, 0.25) is 0 Å². The van der Waals surface area contributed by atoms with Gasteiger partial charge in [-0.1, -0.05) is 13.8 Å². The summed E-state index contributed by atoms with van der Waals surface area (Å²) in [6.45, 7) is 13.9. The number of hydrogen-bond donors (Lipinski definition) is 0. The van der Waals surface area contributed by atoms with Gasteiger partial charge in [-0.3, -0.25) is 4.90 Å². The Bertz CT molecular complexity index is 732. The van der Waals surface area contributed by atoms with Crippen molar-refractivity contribution in [2.24, 2.45) is 11.3 Å². The van der Waals surface area contributed by atoms with E-state index in [1.165, 1.54) is 0 Å². The Kier molecular flexibility index (Phi) is 5.57. The zero-order chi connectivity index (χ0) is 19.2. The molecule has 2 aliphatic rings. The molecule has 0 aromatic carbocycles. The molecule has 2 aliphatic heterocycles. The van der Waals surface area contributed by atoms with E-state index in [4.69, 9.17) is 0 Å². The third kappa shape index (κ3) is 4.32. The van der Waals surface area contributed by atoms with Gasteiger partial charge in [0.15, 0.2) is 0 Å². The van der Waals surface area contributed by atoms with Crippen LogP contribution >= 0.6 is 11.3 Å². The highest BCUT2D eigenvalue weighted by Gasteiger charge is 2.53. The molecule has 0 saturated carbocycles. The van der Waals surface area contributed by atoms with E-state index in [2.05, 4.69) is 29.1 Å². The number of thiazole rings is 1. The van der Waals surface area contributed by atoms with Gasteiger partial charge in [-0.25, -0.2) is 13.4 Å². The number of piperidine rings is 1. The molecule has 0 aliphatic carbocycles. The van der Waals surface area contributed by atoms with Crippen molar-refractivity contribution in [2.75, 3.05) is 25.4 Å². The molecule has 1 aromatic heterocycles. The van der Waals surface area contributed by atoms with Crippen molar-refractivity contribution in [1.29, 1.82) is 0 Å². The predicted octanol–water partition coefficient (Wildman–Crippen LogP) is 3.50. The molecule has 0 N–H and O–H groups in total. The van der Waals surface area contributed by atoms with E-state index in [0.717, 1.165) is 49.6 Å². The zero-order valence-electron chi connectivity index (χ0n) is 16.8. The molecule has 0 unspecified atom stereocenters. The van der Waals surface area contributed by atoms with Crippen LogP contribution in [0.3, 0.4) is 0 Å². The molecular weight excluding hydrogens is 366 g/mol. The van der Waals surface area contributed by atoms with Crippen LogP contribution in [-0.4, -0.2) is 53.5 Å². The first-order valence-corrected chi connectivity index (χ1v) is 12.1. The topological polar surface area (TPSA) is 53.5 Å². The Labute approximate surface area is 162 Å². The smallest absolute Gasteiger partial charge is 0.214 e. The average Bonchev–Trinajstić information content (AvgIpc) is 3.02. The Balaban J connectivity index is 1.65. The molecule has 3 rings (SSSR count). The number of aromatic nitrogens is 1. The van der Waals surface area contributed by atoms with Crippen LogP contribution in [0.1, 0.15) is 57.7 Å². The number of rotatable bonds is 5. The van der Waals surface area contributed by atoms with Crippen LogP contribution in [0.5, 0.6) is 0 Å². The summed E-state index contributed by atoms with van der Waals surface area (Å²) in [5.41, 5.74) is 1.03. The van der Waals surface area contributed by atoms with Crippen molar-refractivity contribution >= 4 is 21.4 Å². The van der Waals surface area contributed by atoms with Gasteiger partial charge in [0.25, 0.3) is 0 Å². The lowest BCUT2D eigenvalue weighted by Gasteiger charge is -2.39. The fourth-order valence-corrected chi connectivity index (χ4v) is 7.71. The third-order valence-corrected chi connectivity index (χ3v) is 9.02. The first-order chi connectivity index (χ1) is 12.0. The Hall–Kier alpha value is -0.500. The highest BCUT2D eigenvalue weighted by Crippen LogP contribution is 2.49. The van der Waals surface area contributed by atoms with Gasteiger partial charge in [-0.05, 0) is 64.5 Å². The summed E-state index contributed by atoms with van der Waals surface area (Å²) in [5, 5.41) is 3.27. The largest absolute Gasteiger partial charge is 0.297 e. The second-order valence-corrected chi connectivity index (χ2v) is 12.3. The standard InChI is InChI=1S/C19H33N3O2S2/c1-15(2)12-26(23,24)22-14-19(13-18(22,4)5)6-8-21(9-7-19)10-17-11-25-16(3)20-17/h11,15H,6-10,12-14H2,1-5H3. The number of likely N-dealkylation sites (tertiary alicyclic amines) is 1. The molecular formula is C19H33N3O2S2. The van der Waals surface area contributed by atoms with Crippen LogP contribution in [-0.2, 0) is 16.6 Å². The molecule has 1 aromatic rings. The van der Waals surface area contributed by atoms with Crippen LogP contribution in [0.25, 0.3) is 0 Å². The maximum Gasteiger partial charge on any atom is 0.214 e. The van der Waals surface area contributed by atoms with Gasteiger partial charge in [0.05, 0.1) is 16.5 Å². The van der Waals surface area contributed by atoms with Gasteiger partial charge in [-0.2, -0.15) is 4.31 Å². The Morgan fingerprint density at radius 1 is 1.27 bits per heavy atom. The van der Waals surface area contributed by atoms with Crippen molar-refractivity contribution in [3.05, 3.63) is 16.1 Å². The molecule has 5 nitrogen and oxygen atoms in total. The molecule has 0 amide bonds. The molecule has 3 heterocycles. The summed E-state index contributed by atoms with van der Waals surface area (Å²) in [7, 11) is -3.19. The van der Waals surface area contributed by atoms with Gasteiger partial charge in [0, 0.05) is 24.0 Å². The van der Waals surface area contributed by atoms with Gasteiger partial charge in [-0.15, -0.1) is 11.3 Å². The second-order valence-electron chi connectivity index (χ2n) is 9.30. The molecule has 1 spiro atoms. The maximum atomic E-state index is 12.9. The Morgan fingerprint density at radius 3 is 2.46 bits per heavy atom. The molecule has 148 valence electrons. The summed E-state index contributed by atoms with van der Waals surface area (Å²) < 4.78 is 27.6. The van der Waals surface area contributed by atoms with Crippen LogP contribution in [0, 0.1) is 18.3 Å². The fraction of sp³-hybridized carbons (Fsp3) is 0.842. The number of hydrogen-bond acceptors (Lipinski definition) is 5. The number of sulfonamides is 1. The van der Waals surface area contributed by atoms with Crippen LogP contribution < -0.4 is 0 Å². The van der Waals surface area contributed by atoms with E-state index in [1.807, 2.05) is 25.1 Å². The highest BCUT2D eigenvalue weighted by molar-refractivity contribution is 7.89. The van der Waals surface area contributed by atoms with E-state index >= 15 is 0 Å². The molecule has 2 fully saturated rings. The summed E-state index contributed by atoms with van der Waals surface area (Å²) in [5.74, 6) is 0.415. The number of nitrogens with zero attached hydrogens (tertiary/aromatic N) is 3. The van der Waals surface area contributed by atoms with E-state index in [0.29, 0.717) is 6.54 Å². The molecule has 2 saturated heterocycles. The lowest BCUT2D eigenvalue weighted by atomic mass is 9.74. The van der Waals surface area contributed by atoms with Crippen molar-refractivity contribution < 1.29 is 8.42 Å². The minimum absolute atomic E-state index is 0.141. The van der Waals surface area contributed by atoms with E-state index in [9.17, 15) is 8.42 Å². The lowest BCUT2D eigenvalue weighted by molar-refractivity contribution is 0.106. The summed E-state index contributed by atoms with van der Waals surface area (Å²) in [6.07, 6.45) is 3.13. The summed E-state index contributed by atoms with van der Waals surface area (Å²) in [6, 6.07) is 0. The second kappa shape index (κ2) is 7.15. The van der Waals surface area contributed by atoms with Crippen molar-refractivity contribution in [3.63, 3.8) is 0 Å². The van der Waals surface area contributed by atoms with Crippen molar-refractivity contribution in [3.8, 4) is 0 Å². The van der Waals surface area contributed by atoms with Gasteiger partial charge >= 0.3 is 0 Å². The molecule has 0 bridgehead atoms. The molecule has 0 atom stereocenters.